The summed E-state index contributed by atoms with van der Waals surface area (Å²) in [6, 6.07) is 17.9. The van der Waals surface area contributed by atoms with Gasteiger partial charge in [-0.2, -0.15) is 0 Å². The van der Waals surface area contributed by atoms with Crippen molar-refractivity contribution in [3.05, 3.63) is 77.4 Å². The lowest BCUT2D eigenvalue weighted by Crippen LogP contribution is -2.32. The van der Waals surface area contributed by atoms with Crippen LogP contribution in [0.15, 0.2) is 60.7 Å². The number of rotatable bonds is 8. The summed E-state index contributed by atoms with van der Waals surface area (Å²) in [6.45, 7) is 5.05. The van der Waals surface area contributed by atoms with E-state index in [1.807, 2.05) is 42.5 Å². The Kier molecular flexibility index (Phi) is 7.15. The van der Waals surface area contributed by atoms with Crippen molar-refractivity contribution in [1.29, 1.82) is 0 Å². The fourth-order valence-corrected chi connectivity index (χ4v) is 2.58. The van der Waals surface area contributed by atoms with Crippen molar-refractivity contribution in [3.63, 3.8) is 0 Å². The summed E-state index contributed by atoms with van der Waals surface area (Å²) in [4.78, 5) is 25.3. The lowest BCUT2D eigenvalue weighted by atomic mass is 10.0. The molecule has 2 rings (SSSR count). The molecular weight excluding hydrogens is 324 g/mol. The van der Waals surface area contributed by atoms with Crippen molar-refractivity contribution < 1.29 is 9.59 Å². The van der Waals surface area contributed by atoms with Gasteiger partial charge < -0.3 is 10.6 Å². The van der Waals surface area contributed by atoms with Crippen LogP contribution in [-0.4, -0.2) is 23.3 Å². The third kappa shape index (κ3) is 6.20. The van der Waals surface area contributed by atoms with Gasteiger partial charge in [0.25, 0.3) is 0 Å². The summed E-state index contributed by atoms with van der Waals surface area (Å²) < 4.78 is 0. The van der Waals surface area contributed by atoms with Gasteiger partial charge >= 0.3 is 0 Å². The topological polar surface area (TPSA) is 63.4 Å². The molecule has 0 saturated carbocycles. The standard InChI is InChI=1S/C22H26N2O2/c1-17(2)20-11-8-18(9-12-20)10-13-22(26)24(15-14-21(23)25)16-19-6-4-3-5-7-19/h3-13,17H,14-16H2,1-2H3,(H2,23,25)/b13-10+. The smallest absolute Gasteiger partial charge is 0.246 e. The molecule has 0 atom stereocenters. The van der Waals surface area contributed by atoms with Crippen LogP contribution in [0.4, 0.5) is 0 Å². The molecule has 0 aliphatic carbocycles. The van der Waals surface area contributed by atoms with E-state index in [0.29, 0.717) is 19.0 Å². The summed E-state index contributed by atoms with van der Waals surface area (Å²) in [5, 5.41) is 0. The second-order valence-electron chi connectivity index (χ2n) is 6.62. The van der Waals surface area contributed by atoms with Crippen molar-refractivity contribution in [3.8, 4) is 0 Å². The van der Waals surface area contributed by atoms with Crippen LogP contribution in [0.3, 0.4) is 0 Å². The van der Waals surface area contributed by atoms with Crippen LogP contribution in [0.5, 0.6) is 0 Å². The molecule has 0 heterocycles. The first-order chi connectivity index (χ1) is 12.5. The number of carbonyl (C=O) groups excluding carboxylic acids is 2. The van der Waals surface area contributed by atoms with Crippen LogP contribution in [0.2, 0.25) is 0 Å². The number of nitrogens with two attached hydrogens (primary N) is 1. The fraction of sp³-hybridized carbons (Fsp3) is 0.273. The normalized spacial score (nSPS) is 11.0. The summed E-state index contributed by atoms with van der Waals surface area (Å²) in [5.41, 5.74) is 8.49. The maximum absolute atomic E-state index is 12.6. The van der Waals surface area contributed by atoms with Crippen molar-refractivity contribution >= 4 is 17.9 Å². The summed E-state index contributed by atoms with van der Waals surface area (Å²) in [6.07, 6.45) is 3.50. The number of amides is 2. The maximum atomic E-state index is 12.6. The molecule has 2 amide bonds. The summed E-state index contributed by atoms with van der Waals surface area (Å²) >= 11 is 0. The van der Waals surface area contributed by atoms with Gasteiger partial charge in [-0.3, -0.25) is 9.59 Å². The molecule has 26 heavy (non-hydrogen) atoms. The van der Waals surface area contributed by atoms with Crippen LogP contribution in [0, 0.1) is 0 Å². The Morgan fingerprint density at radius 1 is 1.04 bits per heavy atom. The van der Waals surface area contributed by atoms with E-state index in [1.54, 1.807) is 17.1 Å². The highest BCUT2D eigenvalue weighted by atomic mass is 16.2. The van der Waals surface area contributed by atoms with Crippen molar-refractivity contribution in [2.45, 2.75) is 32.7 Å². The third-order valence-electron chi connectivity index (χ3n) is 4.18. The molecule has 0 radical (unpaired) electrons. The molecular formula is C22H26N2O2. The average Bonchev–Trinajstić information content (AvgIpc) is 2.64. The van der Waals surface area contributed by atoms with Crippen molar-refractivity contribution in [1.82, 2.24) is 4.90 Å². The van der Waals surface area contributed by atoms with Crippen LogP contribution >= 0.6 is 0 Å². The minimum atomic E-state index is -0.413. The predicted octanol–water partition coefficient (Wildman–Crippen LogP) is 3.73. The summed E-state index contributed by atoms with van der Waals surface area (Å²) in [7, 11) is 0. The monoisotopic (exact) mass is 350 g/mol. The minimum absolute atomic E-state index is 0.136. The van der Waals surface area contributed by atoms with Gasteiger partial charge in [-0.25, -0.2) is 0 Å². The lowest BCUT2D eigenvalue weighted by Gasteiger charge is -2.20. The third-order valence-corrected chi connectivity index (χ3v) is 4.18. The van der Waals surface area contributed by atoms with Gasteiger partial charge in [-0.05, 0) is 28.7 Å². The largest absolute Gasteiger partial charge is 0.370 e. The lowest BCUT2D eigenvalue weighted by molar-refractivity contribution is -0.127. The Balaban J connectivity index is 2.07. The zero-order valence-electron chi connectivity index (χ0n) is 15.4. The molecule has 0 aromatic heterocycles. The molecule has 0 fully saturated rings. The van der Waals surface area contributed by atoms with Gasteiger partial charge in [0.05, 0.1) is 0 Å². The van der Waals surface area contributed by atoms with Crippen LogP contribution < -0.4 is 5.73 Å². The Morgan fingerprint density at radius 2 is 1.69 bits per heavy atom. The first kappa shape index (κ1) is 19.4. The van der Waals surface area contributed by atoms with Crippen LogP contribution in [0.1, 0.15) is 42.9 Å². The molecule has 4 heteroatoms. The second-order valence-corrected chi connectivity index (χ2v) is 6.62. The van der Waals surface area contributed by atoms with E-state index in [-0.39, 0.29) is 12.3 Å². The molecule has 0 aliphatic heterocycles. The minimum Gasteiger partial charge on any atom is -0.370 e. The predicted molar refractivity (Wildman–Crippen MR) is 105 cm³/mol. The molecule has 0 saturated heterocycles. The van der Waals surface area contributed by atoms with E-state index in [9.17, 15) is 9.59 Å². The Morgan fingerprint density at radius 3 is 2.27 bits per heavy atom. The molecule has 0 unspecified atom stereocenters. The van der Waals surface area contributed by atoms with E-state index in [1.165, 1.54) is 5.56 Å². The summed E-state index contributed by atoms with van der Waals surface area (Å²) in [5.74, 6) is -0.0722. The highest BCUT2D eigenvalue weighted by Crippen LogP contribution is 2.15. The maximum Gasteiger partial charge on any atom is 0.246 e. The number of hydrogen-bond acceptors (Lipinski definition) is 2. The van der Waals surface area contributed by atoms with E-state index in [4.69, 9.17) is 5.73 Å². The Labute approximate surface area is 155 Å². The average molecular weight is 350 g/mol. The molecule has 0 bridgehead atoms. The highest BCUT2D eigenvalue weighted by molar-refractivity contribution is 5.92. The van der Waals surface area contributed by atoms with E-state index >= 15 is 0 Å². The molecule has 2 aromatic carbocycles. The first-order valence-electron chi connectivity index (χ1n) is 8.85. The fourth-order valence-electron chi connectivity index (χ4n) is 2.58. The number of nitrogens with zero attached hydrogens (tertiary/aromatic N) is 1. The van der Waals surface area contributed by atoms with E-state index in [0.717, 1.165) is 11.1 Å². The van der Waals surface area contributed by atoms with Gasteiger partial charge in [-0.15, -0.1) is 0 Å². The van der Waals surface area contributed by atoms with E-state index in [2.05, 4.69) is 26.0 Å². The first-order valence-corrected chi connectivity index (χ1v) is 8.85. The molecule has 2 N–H and O–H groups in total. The Hall–Kier alpha value is -2.88. The van der Waals surface area contributed by atoms with E-state index < -0.39 is 5.91 Å². The quantitative estimate of drug-likeness (QED) is 0.737. The molecule has 4 nitrogen and oxygen atoms in total. The number of primary amides is 1. The Bertz CT molecular complexity index is 749. The number of hydrogen-bond donors (Lipinski definition) is 1. The zero-order valence-corrected chi connectivity index (χ0v) is 15.4. The van der Waals surface area contributed by atoms with Gasteiger partial charge in [0, 0.05) is 25.6 Å². The van der Waals surface area contributed by atoms with Gasteiger partial charge in [0.15, 0.2) is 0 Å². The molecule has 136 valence electrons. The van der Waals surface area contributed by atoms with Crippen LogP contribution in [-0.2, 0) is 16.1 Å². The second kappa shape index (κ2) is 9.56. The van der Waals surface area contributed by atoms with Crippen molar-refractivity contribution in [2.75, 3.05) is 6.54 Å². The number of carbonyl (C=O) groups is 2. The molecule has 2 aromatic rings. The zero-order chi connectivity index (χ0) is 18.9. The number of benzene rings is 2. The molecule has 0 spiro atoms. The van der Waals surface area contributed by atoms with Gasteiger partial charge in [0.2, 0.25) is 11.8 Å². The van der Waals surface area contributed by atoms with Crippen LogP contribution in [0.25, 0.3) is 6.08 Å². The highest BCUT2D eigenvalue weighted by Gasteiger charge is 2.12. The van der Waals surface area contributed by atoms with Gasteiger partial charge in [-0.1, -0.05) is 68.4 Å². The molecule has 0 aliphatic rings. The van der Waals surface area contributed by atoms with Gasteiger partial charge in [0.1, 0.15) is 0 Å². The SMILES string of the molecule is CC(C)c1ccc(/C=C/C(=O)N(CCC(N)=O)Cc2ccccc2)cc1. The van der Waals surface area contributed by atoms with Crippen molar-refractivity contribution in [2.24, 2.45) is 5.73 Å².